The predicted molar refractivity (Wildman–Crippen MR) is 37.0 cm³/mol. The molecule has 0 amide bonds. The summed E-state index contributed by atoms with van der Waals surface area (Å²) in [6.45, 7) is 0.641. The van der Waals surface area contributed by atoms with Crippen LogP contribution in [-0.2, 0) is 0 Å². The van der Waals surface area contributed by atoms with E-state index in [1.165, 1.54) is 0 Å². The molecule has 2 unspecified atom stereocenters. The molecule has 0 aliphatic carbocycles. The van der Waals surface area contributed by atoms with E-state index in [4.69, 9.17) is 6.42 Å². The average molecular weight is 141 g/mol. The van der Waals surface area contributed by atoms with Crippen molar-refractivity contribution in [3.05, 3.63) is 0 Å². The molecular weight excluding hydrogens is 130 g/mol. The molecule has 0 aromatic heterocycles. The van der Waals surface area contributed by atoms with Crippen molar-refractivity contribution in [2.45, 2.75) is 18.2 Å². The molecule has 0 aromatic carbocycles. The molecule has 1 fully saturated rings. The van der Waals surface area contributed by atoms with Gasteiger partial charge < -0.3 is 10.2 Å². The first-order valence-electron chi connectivity index (χ1n) is 3.18. The molecule has 1 saturated heterocycles. The fraction of sp³-hybridized carbons (Fsp3) is 0.714. The van der Waals surface area contributed by atoms with E-state index in [1.807, 2.05) is 0 Å². The monoisotopic (exact) mass is 141 g/mol. The summed E-state index contributed by atoms with van der Waals surface area (Å²) in [4.78, 5) is 1.62. The highest BCUT2D eigenvalue weighted by Gasteiger charge is 2.41. The molecule has 0 saturated carbocycles. The molecular formula is C7H11NO2. The smallest absolute Gasteiger partial charge is 0.165 e. The number of rotatable bonds is 0. The molecule has 10 heavy (non-hydrogen) atoms. The number of likely N-dealkylation sites (tertiary alicyclic amines) is 1. The Morgan fingerprint density at radius 1 is 1.80 bits per heavy atom. The van der Waals surface area contributed by atoms with Crippen molar-refractivity contribution in [3.63, 3.8) is 0 Å². The second kappa shape index (κ2) is 2.24. The molecule has 2 N–H and O–H groups in total. The van der Waals surface area contributed by atoms with E-state index in [-0.39, 0.29) is 0 Å². The lowest BCUT2D eigenvalue weighted by molar-refractivity contribution is -0.0632. The Hall–Kier alpha value is -0.560. The summed E-state index contributed by atoms with van der Waals surface area (Å²) in [6.07, 6.45) is 4.57. The molecule has 0 bridgehead atoms. The summed E-state index contributed by atoms with van der Waals surface area (Å²) in [6, 6.07) is 0. The van der Waals surface area contributed by atoms with Crippen LogP contribution < -0.4 is 0 Å². The quantitative estimate of drug-likeness (QED) is 0.425. The zero-order valence-corrected chi connectivity index (χ0v) is 5.91. The van der Waals surface area contributed by atoms with Crippen LogP contribution >= 0.6 is 0 Å². The van der Waals surface area contributed by atoms with Crippen molar-refractivity contribution in [3.8, 4) is 12.3 Å². The molecule has 0 radical (unpaired) electrons. The maximum Gasteiger partial charge on any atom is 0.165 e. The third kappa shape index (κ3) is 0.907. The van der Waals surface area contributed by atoms with Crippen LogP contribution in [0.2, 0.25) is 0 Å². The van der Waals surface area contributed by atoms with Gasteiger partial charge in [-0.1, -0.05) is 5.92 Å². The highest BCUT2D eigenvalue weighted by atomic mass is 16.4. The number of hydrogen-bond acceptors (Lipinski definition) is 3. The largest absolute Gasteiger partial charge is 0.374 e. The molecule has 1 aliphatic heterocycles. The Morgan fingerprint density at radius 2 is 2.40 bits per heavy atom. The molecule has 1 heterocycles. The van der Waals surface area contributed by atoms with Gasteiger partial charge in [-0.2, -0.15) is 0 Å². The van der Waals surface area contributed by atoms with Gasteiger partial charge in [0.05, 0.1) is 0 Å². The van der Waals surface area contributed by atoms with Gasteiger partial charge >= 0.3 is 0 Å². The molecule has 1 aliphatic rings. The fourth-order valence-corrected chi connectivity index (χ4v) is 1.11. The van der Waals surface area contributed by atoms with Crippen molar-refractivity contribution in [1.82, 2.24) is 4.90 Å². The number of nitrogens with zero attached hydrogens (tertiary/aromatic N) is 1. The Balaban J connectivity index is 2.76. The van der Waals surface area contributed by atoms with E-state index in [0.29, 0.717) is 13.0 Å². The first kappa shape index (κ1) is 7.55. The van der Waals surface area contributed by atoms with Crippen LogP contribution in [0.4, 0.5) is 0 Å². The zero-order chi connectivity index (χ0) is 7.78. The average Bonchev–Trinajstić information content (AvgIpc) is 2.19. The first-order chi connectivity index (χ1) is 4.60. The summed E-state index contributed by atoms with van der Waals surface area (Å²) in [5, 5.41) is 18.7. The number of aliphatic hydroxyl groups excluding tert-OH is 1. The van der Waals surface area contributed by atoms with Crippen LogP contribution in [0.3, 0.4) is 0 Å². The lowest BCUT2D eigenvalue weighted by atomic mass is 10.0. The molecule has 2 atom stereocenters. The van der Waals surface area contributed by atoms with Crippen LogP contribution in [0.1, 0.15) is 6.42 Å². The van der Waals surface area contributed by atoms with Gasteiger partial charge in [-0.15, -0.1) is 6.42 Å². The van der Waals surface area contributed by atoms with Gasteiger partial charge in [0.1, 0.15) is 6.23 Å². The van der Waals surface area contributed by atoms with Crippen LogP contribution in [0, 0.1) is 12.3 Å². The summed E-state index contributed by atoms with van der Waals surface area (Å²) in [5.41, 5.74) is -1.32. The number of hydrogen-bond donors (Lipinski definition) is 2. The highest BCUT2D eigenvalue weighted by Crippen LogP contribution is 2.24. The van der Waals surface area contributed by atoms with Crippen LogP contribution in [0.25, 0.3) is 0 Å². The lowest BCUT2D eigenvalue weighted by Gasteiger charge is -2.22. The van der Waals surface area contributed by atoms with Crippen LogP contribution in [0.15, 0.2) is 0 Å². The third-order valence-corrected chi connectivity index (χ3v) is 1.94. The normalized spacial score (nSPS) is 41.6. The van der Waals surface area contributed by atoms with Crippen LogP contribution in [0.5, 0.6) is 0 Å². The zero-order valence-electron chi connectivity index (χ0n) is 5.91. The predicted octanol–water partition coefficient (Wildman–Crippen LogP) is -0.995. The van der Waals surface area contributed by atoms with Crippen LogP contribution in [-0.4, -0.2) is 40.5 Å². The lowest BCUT2D eigenvalue weighted by Crippen LogP contribution is -2.41. The van der Waals surface area contributed by atoms with E-state index in [1.54, 1.807) is 11.9 Å². The van der Waals surface area contributed by atoms with Crippen molar-refractivity contribution < 1.29 is 10.2 Å². The second-order valence-electron chi connectivity index (χ2n) is 2.67. The van der Waals surface area contributed by atoms with Gasteiger partial charge in [0.15, 0.2) is 5.60 Å². The molecule has 0 aromatic rings. The first-order valence-corrected chi connectivity index (χ1v) is 3.18. The number of likely N-dealkylation sites (N-methyl/N-ethyl adjacent to an activating group) is 1. The number of aliphatic hydroxyl groups is 2. The maximum absolute atomic E-state index is 9.41. The molecule has 0 spiro atoms. The summed E-state index contributed by atoms with van der Waals surface area (Å²) >= 11 is 0. The summed E-state index contributed by atoms with van der Waals surface area (Å²) < 4.78 is 0. The minimum atomic E-state index is -1.32. The number of terminal acetylenes is 1. The van der Waals surface area contributed by atoms with E-state index in [0.717, 1.165) is 0 Å². The van der Waals surface area contributed by atoms with Crippen molar-refractivity contribution in [1.29, 1.82) is 0 Å². The molecule has 3 heteroatoms. The van der Waals surface area contributed by atoms with E-state index < -0.39 is 11.8 Å². The van der Waals surface area contributed by atoms with Gasteiger partial charge in [-0.3, -0.25) is 4.90 Å². The molecule has 1 rings (SSSR count). The van der Waals surface area contributed by atoms with Gasteiger partial charge in [0.2, 0.25) is 0 Å². The minimum Gasteiger partial charge on any atom is -0.374 e. The van der Waals surface area contributed by atoms with E-state index >= 15 is 0 Å². The van der Waals surface area contributed by atoms with Gasteiger partial charge in [0, 0.05) is 13.0 Å². The fourth-order valence-electron chi connectivity index (χ4n) is 1.11. The SMILES string of the molecule is C#CC1(O)CCN(C)C1O. The van der Waals surface area contributed by atoms with Gasteiger partial charge in [-0.25, -0.2) is 0 Å². The Labute approximate surface area is 60.3 Å². The maximum atomic E-state index is 9.41. The van der Waals surface area contributed by atoms with Crippen molar-refractivity contribution in [2.24, 2.45) is 0 Å². The standard InChI is InChI=1S/C7H11NO2/c1-3-7(10)4-5-8(2)6(7)9/h1,6,9-10H,4-5H2,2H3. The molecule has 56 valence electrons. The van der Waals surface area contributed by atoms with E-state index in [9.17, 15) is 10.2 Å². The second-order valence-corrected chi connectivity index (χ2v) is 2.67. The Kier molecular flexibility index (Phi) is 1.69. The third-order valence-electron chi connectivity index (χ3n) is 1.94. The van der Waals surface area contributed by atoms with Gasteiger partial charge in [0.25, 0.3) is 0 Å². The highest BCUT2D eigenvalue weighted by molar-refractivity contribution is 5.13. The van der Waals surface area contributed by atoms with Crippen molar-refractivity contribution in [2.75, 3.05) is 13.6 Å². The van der Waals surface area contributed by atoms with E-state index in [2.05, 4.69) is 5.92 Å². The topological polar surface area (TPSA) is 43.7 Å². The Bertz CT molecular complexity index is 175. The summed E-state index contributed by atoms with van der Waals surface area (Å²) in [7, 11) is 1.72. The Morgan fingerprint density at radius 3 is 2.60 bits per heavy atom. The van der Waals surface area contributed by atoms with Gasteiger partial charge in [-0.05, 0) is 7.05 Å². The van der Waals surface area contributed by atoms with Crippen molar-refractivity contribution >= 4 is 0 Å². The molecule has 3 nitrogen and oxygen atoms in total. The summed E-state index contributed by atoms with van der Waals surface area (Å²) in [5.74, 6) is 2.18. The minimum absolute atomic E-state index is 0.446.